The van der Waals surface area contributed by atoms with Gasteiger partial charge in [-0.05, 0) is 59.7 Å². The molecule has 0 saturated heterocycles. The molecule has 2 nitrogen and oxygen atoms in total. The van der Waals surface area contributed by atoms with Gasteiger partial charge in [0.25, 0.3) is 0 Å². The van der Waals surface area contributed by atoms with Gasteiger partial charge in [-0.15, -0.1) is 0 Å². The first-order valence-electron chi connectivity index (χ1n) is 8.23. The lowest BCUT2D eigenvalue weighted by molar-refractivity contribution is 0.281. The number of hydrogen-bond acceptors (Lipinski definition) is 2. The van der Waals surface area contributed by atoms with Gasteiger partial charge in [0.05, 0.1) is 7.11 Å². The van der Waals surface area contributed by atoms with Crippen LogP contribution in [0.25, 0.3) is 0 Å². The maximum absolute atomic E-state index is 5.32. The van der Waals surface area contributed by atoms with E-state index >= 15 is 0 Å². The molecule has 3 rings (SSSR count). The van der Waals surface area contributed by atoms with Crippen LogP contribution in [0, 0.1) is 16.7 Å². The predicted octanol–water partition coefficient (Wildman–Crippen LogP) is 4.21. The lowest BCUT2D eigenvalue weighted by Crippen LogP contribution is -2.41. The summed E-state index contributed by atoms with van der Waals surface area (Å²) in [6.07, 6.45) is 2.53. The van der Waals surface area contributed by atoms with Crippen molar-refractivity contribution in [1.82, 2.24) is 5.32 Å². The van der Waals surface area contributed by atoms with Crippen LogP contribution in [0.5, 0.6) is 5.75 Å². The van der Waals surface area contributed by atoms with Crippen LogP contribution in [0.15, 0.2) is 24.3 Å². The van der Waals surface area contributed by atoms with Gasteiger partial charge < -0.3 is 10.1 Å². The highest BCUT2D eigenvalue weighted by Crippen LogP contribution is 2.68. The van der Waals surface area contributed by atoms with E-state index in [4.69, 9.17) is 4.74 Å². The molecule has 0 unspecified atom stereocenters. The van der Waals surface area contributed by atoms with E-state index in [1.54, 1.807) is 7.11 Å². The first-order valence-corrected chi connectivity index (χ1v) is 8.23. The third-order valence-corrected chi connectivity index (χ3v) is 6.63. The maximum Gasteiger partial charge on any atom is 0.119 e. The van der Waals surface area contributed by atoms with E-state index in [2.05, 4.69) is 51.2 Å². The Balaban J connectivity index is 1.46. The Morgan fingerprint density at radius 2 is 1.81 bits per heavy atom. The summed E-state index contributed by atoms with van der Waals surface area (Å²) in [5.41, 5.74) is 2.42. The molecule has 116 valence electrons. The van der Waals surface area contributed by atoms with Crippen LogP contribution in [0.2, 0.25) is 0 Å². The quantitative estimate of drug-likeness (QED) is 0.876. The summed E-state index contributed by atoms with van der Waals surface area (Å²) in [4.78, 5) is 0. The molecule has 2 aliphatic rings. The van der Waals surface area contributed by atoms with Crippen LogP contribution in [0.4, 0.5) is 0 Å². The first-order chi connectivity index (χ1) is 9.86. The van der Waals surface area contributed by atoms with Crippen molar-refractivity contribution in [2.45, 2.75) is 52.5 Å². The standard InChI is InChI=1S/C19H29NO/c1-18(2)17(19(18,3)4)12-20-15-9-14(10-15)13-7-6-8-16(11-13)21-5/h6-8,11,14-15,17,20H,9-10,12H2,1-5H3. The van der Waals surface area contributed by atoms with E-state index in [9.17, 15) is 0 Å². The molecular formula is C19H29NO. The van der Waals surface area contributed by atoms with Crippen molar-refractivity contribution in [2.24, 2.45) is 16.7 Å². The van der Waals surface area contributed by atoms with E-state index in [-0.39, 0.29) is 0 Å². The normalized spacial score (nSPS) is 29.8. The summed E-state index contributed by atoms with van der Waals surface area (Å²) >= 11 is 0. The molecule has 1 aromatic carbocycles. The van der Waals surface area contributed by atoms with Crippen LogP contribution in [0.1, 0.15) is 52.0 Å². The molecule has 0 spiro atoms. The summed E-state index contributed by atoms with van der Waals surface area (Å²) in [7, 11) is 1.74. The van der Waals surface area contributed by atoms with Gasteiger partial charge in [0.15, 0.2) is 0 Å². The van der Waals surface area contributed by atoms with Gasteiger partial charge in [0.1, 0.15) is 5.75 Å². The fraction of sp³-hybridized carbons (Fsp3) is 0.684. The number of hydrogen-bond donors (Lipinski definition) is 1. The van der Waals surface area contributed by atoms with E-state index < -0.39 is 0 Å². The highest BCUT2D eigenvalue weighted by molar-refractivity contribution is 5.32. The predicted molar refractivity (Wildman–Crippen MR) is 87.8 cm³/mol. The Hall–Kier alpha value is -1.02. The van der Waals surface area contributed by atoms with Gasteiger partial charge in [-0.25, -0.2) is 0 Å². The van der Waals surface area contributed by atoms with Crippen molar-refractivity contribution in [1.29, 1.82) is 0 Å². The number of benzene rings is 1. The average molecular weight is 287 g/mol. The van der Waals surface area contributed by atoms with Crippen LogP contribution >= 0.6 is 0 Å². The van der Waals surface area contributed by atoms with Gasteiger partial charge in [0, 0.05) is 6.04 Å². The van der Waals surface area contributed by atoms with Crippen molar-refractivity contribution >= 4 is 0 Å². The molecule has 0 aromatic heterocycles. The summed E-state index contributed by atoms with van der Waals surface area (Å²) in [5.74, 6) is 2.50. The molecule has 0 heterocycles. The van der Waals surface area contributed by atoms with Crippen molar-refractivity contribution < 1.29 is 4.74 Å². The minimum Gasteiger partial charge on any atom is -0.497 e. The number of ether oxygens (including phenoxy) is 1. The molecule has 0 amide bonds. The summed E-state index contributed by atoms with van der Waals surface area (Å²) < 4.78 is 5.32. The Morgan fingerprint density at radius 1 is 1.14 bits per heavy atom. The molecule has 1 aromatic rings. The molecule has 2 heteroatoms. The van der Waals surface area contributed by atoms with E-state index in [0.29, 0.717) is 22.8 Å². The van der Waals surface area contributed by atoms with Crippen molar-refractivity contribution in [3.8, 4) is 5.75 Å². The van der Waals surface area contributed by atoms with E-state index in [1.807, 2.05) is 6.07 Å². The minimum absolute atomic E-state index is 0.496. The van der Waals surface area contributed by atoms with Crippen LogP contribution in [-0.4, -0.2) is 19.7 Å². The molecule has 21 heavy (non-hydrogen) atoms. The van der Waals surface area contributed by atoms with Crippen LogP contribution < -0.4 is 10.1 Å². The fourth-order valence-corrected chi connectivity index (χ4v) is 4.08. The largest absolute Gasteiger partial charge is 0.497 e. The highest BCUT2D eigenvalue weighted by atomic mass is 16.5. The molecule has 0 radical (unpaired) electrons. The first kappa shape index (κ1) is 14.9. The molecule has 1 N–H and O–H groups in total. The highest BCUT2D eigenvalue weighted by Gasteiger charge is 2.64. The van der Waals surface area contributed by atoms with E-state index in [0.717, 1.165) is 11.7 Å². The lowest BCUT2D eigenvalue weighted by atomic mass is 9.76. The van der Waals surface area contributed by atoms with Gasteiger partial charge in [-0.3, -0.25) is 0 Å². The average Bonchev–Trinajstić information content (AvgIpc) is 2.79. The fourth-order valence-electron chi connectivity index (χ4n) is 4.08. The zero-order valence-electron chi connectivity index (χ0n) is 14.1. The number of rotatable bonds is 5. The Labute approximate surface area is 129 Å². The monoisotopic (exact) mass is 287 g/mol. The zero-order valence-corrected chi connectivity index (χ0v) is 14.1. The van der Waals surface area contributed by atoms with Crippen molar-refractivity contribution in [3.63, 3.8) is 0 Å². The summed E-state index contributed by atoms with van der Waals surface area (Å²) in [6, 6.07) is 9.25. The molecule has 2 fully saturated rings. The second kappa shape index (κ2) is 5.01. The van der Waals surface area contributed by atoms with Gasteiger partial charge in [-0.2, -0.15) is 0 Å². The third-order valence-electron chi connectivity index (χ3n) is 6.63. The van der Waals surface area contributed by atoms with Crippen molar-refractivity contribution in [2.75, 3.05) is 13.7 Å². The summed E-state index contributed by atoms with van der Waals surface area (Å²) in [5, 5.41) is 3.79. The topological polar surface area (TPSA) is 21.3 Å². The molecule has 2 aliphatic carbocycles. The molecule has 0 aliphatic heterocycles. The second-order valence-corrected chi connectivity index (χ2v) is 8.05. The van der Waals surface area contributed by atoms with Gasteiger partial charge in [-0.1, -0.05) is 39.8 Å². The maximum atomic E-state index is 5.32. The molecule has 2 saturated carbocycles. The lowest BCUT2D eigenvalue weighted by Gasteiger charge is -2.36. The second-order valence-electron chi connectivity index (χ2n) is 8.05. The van der Waals surface area contributed by atoms with Crippen LogP contribution in [0.3, 0.4) is 0 Å². The number of nitrogens with one attached hydrogen (secondary N) is 1. The summed E-state index contributed by atoms with van der Waals surface area (Å²) in [6.45, 7) is 10.8. The molecule has 0 atom stereocenters. The van der Waals surface area contributed by atoms with Gasteiger partial charge in [0.2, 0.25) is 0 Å². The SMILES string of the molecule is COc1cccc(C2CC(NCC3C(C)(C)C3(C)C)C2)c1. The third kappa shape index (κ3) is 2.48. The molecular weight excluding hydrogens is 258 g/mol. The zero-order chi connectivity index (χ0) is 15.3. The van der Waals surface area contributed by atoms with Gasteiger partial charge >= 0.3 is 0 Å². The Bertz CT molecular complexity index is 500. The molecule has 0 bridgehead atoms. The van der Waals surface area contributed by atoms with E-state index in [1.165, 1.54) is 24.9 Å². The minimum atomic E-state index is 0.496. The smallest absolute Gasteiger partial charge is 0.119 e. The Morgan fingerprint density at radius 3 is 2.38 bits per heavy atom. The number of methoxy groups -OCH3 is 1. The van der Waals surface area contributed by atoms with Crippen LogP contribution in [-0.2, 0) is 0 Å². The Kier molecular flexibility index (Phi) is 3.56. The van der Waals surface area contributed by atoms with Crippen molar-refractivity contribution in [3.05, 3.63) is 29.8 Å².